The standard InChI is InChI=1S/C21H27NO7S/c1-13(2)15-9-7-10-16(14(3)4)19(15)29-30(24,25)22-21(23)28-20-17(26-5)11-8-12-18(20)27-6/h7-14H,1-6H3,(H,22,23). The Labute approximate surface area is 177 Å². The molecule has 9 heteroatoms. The van der Waals surface area contributed by atoms with Crippen LogP contribution in [-0.2, 0) is 10.3 Å². The van der Waals surface area contributed by atoms with Gasteiger partial charge < -0.3 is 18.4 Å². The molecule has 2 aromatic carbocycles. The van der Waals surface area contributed by atoms with Crippen LogP contribution in [0.3, 0.4) is 0 Å². The summed E-state index contributed by atoms with van der Waals surface area (Å²) >= 11 is 0. The van der Waals surface area contributed by atoms with Gasteiger partial charge in [-0.1, -0.05) is 52.0 Å². The summed E-state index contributed by atoms with van der Waals surface area (Å²) in [6, 6.07) is 10.2. The van der Waals surface area contributed by atoms with E-state index >= 15 is 0 Å². The van der Waals surface area contributed by atoms with Crippen LogP contribution in [0.4, 0.5) is 4.79 Å². The molecule has 0 fully saturated rings. The molecule has 0 bridgehead atoms. The molecule has 0 unspecified atom stereocenters. The van der Waals surface area contributed by atoms with Gasteiger partial charge in [0.1, 0.15) is 0 Å². The summed E-state index contributed by atoms with van der Waals surface area (Å²) in [6.07, 6.45) is -1.26. The van der Waals surface area contributed by atoms with Crippen molar-refractivity contribution >= 4 is 16.4 Å². The van der Waals surface area contributed by atoms with Crippen LogP contribution in [0.25, 0.3) is 0 Å². The number of para-hydroxylation sites is 2. The maximum absolute atomic E-state index is 12.6. The highest BCUT2D eigenvalue weighted by molar-refractivity contribution is 7.85. The van der Waals surface area contributed by atoms with E-state index in [9.17, 15) is 13.2 Å². The molecule has 0 radical (unpaired) electrons. The van der Waals surface area contributed by atoms with E-state index in [1.165, 1.54) is 14.2 Å². The molecule has 2 aromatic rings. The normalized spacial score (nSPS) is 11.3. The molecule has 0 aliphatic rings. The number of rotatable bonds is 8. The quantitative estimate of drug-likeness (QED) is 0.655. The van der Waals surface area contributed by atoms with Crippen LogP contribution in [-0.4, -0.2) is 28.7 Å². The fourth-order valence-electron chi connectivity index (χ4n) is 2.84. The van der Waals surface area contributed by atoms with E-state index in [-0.39, 0.29) is 34.8 Å². The van der Waals surface area contributed by atoms with Gasteiger partial charge >= 0.3 is 16.4 Å². The largest absolute Gasteiger partial charge is 0.493 e. The van der Waals surface area contributed by atoms with Gasteiger partial charge in [0.05, 0.1) is 14.2 Å². The summed E-state index contributed by atoms with van der Waals surface area (Å²) in [5, 5.41) is 0. The Hall–Kier alpha value is -2.94. The molecule has 30 heavy (non-hydrogen) atoms. The predicted molar refractivity (Wildman–Crippen MR) is 113 cm³/mol. The number of ether oxygens (including phenoxy) is 3. The number of carbonyl (C=O) groups is 1. The van der Waals surface area contributed by atoms with Gasteiger partial charge in [0.25, 0.3) is 0 Å². The van der Waals surface area contributed by atoms with Crippen LogP contribution in [0.1, 0.15) is 50.7 Å². The molecule has 164 valence electrons. The molecule has 1 amide bonds. The number of nitrogens with one attached hydrogen (secondary N) is 1. The zero-order valence-corrected chi connectivity index (χ0v) is 18.7. The summed E-state index contributed by atoms with van der Waals surface area (Å²) < 4.78 is 47.6. The third kappa shape index (κ3) is 5.56. The molecular weight excluding hydrogens is 410 g/mol. The van der Waals surface area contributed by atoms with E-state index in [2.05, 4.69) is 0 Å². The van der Waals surface area contributed by atoms with Gasteiger partial charge in [0.15, 0.2) is 17.2 Å². The molecule has 0 spiro atoms. The van der Waals surface area contributed by atoms with E-state index in [1.54, 1.807) is 35.1 Å². The summed E-state index contributed by atoms with van der Waals surface area (Å²) in [4.78, 5) is 12.3. The first-order valence-corrected chi connectivity index (χ1v) is 10.8. The zero-order chi connectivity index (χ0) is 22.5. The van der Waals surface area contributed by atoms with Crippen molar-refractivity contribution in [3.8, 4) is 23.0 Å². The van der Waals surface area contributed by atoms with Gasteiger partial charge in [-0.2, -0.15) is 13.1 Å². The molecule has 0 saturated carbocycles. The van der Waals surface area contributed by atoms with E-state index in [0.29, 0.717) is 11.1 Å². The van der Waals surface area contributed by atoms with Crippen LogP contribution < -0.4 is 23.1 Å². The average molecular weight is 438 g/mol. The van der Waals surface area contributed by atoms with E-state index in [4.69, 9.17) is 18.4 Å². The predicted octanol–water partition coefficient (Wildman–Crippen LogP) is 4.36. The van der Waals surface area contributed by atoms with Crippen LogP contribution in [0.5, 0.6) is 23.0 Å². The highest BCUT2D eigenvalue weighted by Gasteiger charge is 2.25. The Bertz CT molecular complexity index is 952. The molecule has 2 rings (SSSR count). The molecule has 0 aromatic heterocycles. The first-order valence-electron chi connectivity index (χ1n) is 9.37. The van der Waals surface area contributed by atoms with Crippen molar-refractivity contribution in [2.45, 2.75) is 39.5 Å². The molecule has 0 aliphatic heterocycles. The highest BCUT2D eigenvalue weighted by Crippen LogP contribution is 2.37. The molecule has 0 aliphatic carbocycles. The maximum Gasteiger partial charge on any atom is 0.429 e. The van der Waals surface area contributed by atoms with Crippen molar-refractivity contribution in [2.24, 2.45) is 0 Å². The van der Waals surface area contributed by atoms with Gasteiger partial charge in [-0.25, -0.2) is 4.79 Å². The first kappa shape index (κ1) is 23.3. The Morgan fingerprint density at radius 1 is 0.833 bits per heavy atom. The fourth-order valence-corrected chi connectivity index (χ4v) is 3.54. The van der Waals surface area contributed by atoms with E-state index in [0.717, 1.165) is 0 Å². The summed E-state index contributed by atoms with van der Waals surface area (Å²) in [6.45, 7) is 7.70. The second-order valence-electron chi connectivity index (χ2n) is 7.10. The monoisotopic (exact) mass is 437 g/mol. The lowest BCUT2D eigenvalue weighted by Gasteiger charge is -2.19. The van der Waals surface area contributed by atoms with Crippen molar-refractivity contribution in [2.75, 3.05) is 14.2 Å². The summed E-state index contributed by atoms with van der Waals surface area (Å²) in [7, 11) is -1.74. The third-order valence-electron chi connectivity index (χ3n) is 4.30. The lowest BCUT2D eigenvalue weighted by Crippen LogP contribution is -2.36. The lowest BCUT2D eigenvalue weighted by atomic mass is 9.94. The van der Waals surface area contributed by atoms with Gasteiger partial charge in [0, 0.05) is 0 Å². The molecular formula is C21H27NO7S. The minimum Gasteiger partial charge on any atom is -0.493 e. The van der Waals surface area contributed by atoms with Crippen LogP contribution in [0.15, 0.2) is 36.4 Å². The van der Waals surface area contributed by atoms with Gasteiger partial charge in [-0.15, -0.1) is 0 Å². The van der Waals surface area contributed by atoms with Crippen LogP contribution in [0.2, 0.25) is 0 Å². The topological polar surface area (TPSA) is 100 Å². The van der Waals surface area contributed by atoms with Gasteiger partial charge in [0.2, 0.25) is 5.75 Å². The van der Waals surface area contributed by atoms with Crippen molar-refractivity contribution in [3.63, 3.8) is 0 Å². The molecule has 8 nitrogen and oxygen atoms in total. The number of hydrogen-bond acceptors (Lipinski definition) is 7. The summed E-state index contributed by atoms with van der Waals surface area (Å²) in [5.74, 6) is 0.584. The zero-order valence-electron chi connectivity index (χ0n) is 17.9. The number of methoxy groups -OCH3 is 2. The van der Waals surface area contributed by atoms with E-state index < -0.39 is 16.4 Å². The van der Waals surface area contributed by atoms with E-state index in [1.807, 2.05) is 33.8 Å². The highest BCUT2D eigenvalue weighted by atomic mass is 32.2. The second-order valence-corrected chi connectivity index (χ2v) is 8.37. The number of carbonyl (C=O) groups excluding carboxylic acids is 1. The smallest absolute Gasteiger partial charge is 0.429 e. The Balaban J connectivity index is 2.28. The maximum atomic E-state index is 12.6. The molecule has 0 saturated heterocycles. The number of hydrogen-bond donors (Lipinski definition) is 1. The Morgan fingerprint density at radius 2 is 1.30 bits per heavy atom. The van der Waals surface area contributed by atoms with Crippen molar-refractivity contribution < 1.29 is 31.6 Å². The Morgan fingerprint density at radius 3 is 1.73 bits per heavy atom. The third-order valence-corrected chi connectivity index (χ3v) is 5.10. The Kier molecular flexibility index (Phi) is 7.55. The second kappa shape index (κ2) is 9.71. The van der Waals surface area contributed by atoms with Gasteiger partial charge in [-0.3, -0.25) is 0 Å². The molecule has 1 N–H and O–H groups in total. The first-order chi connectivity index (χ1) is 14.1. The number of benzene rings is 2. The average Bonchev–Trinajstić information content (AvgIpc) is 2.66. The van der Waals surface area contributed by atoms with Gasteiger partial charge in [-0.05, 0) is 35.1 Å². The molecule has 0 heterocycles. The van der Waals surface area contributed by atoms with Crippen molar-refractivity contribution in [1.29, 1.82) is 0 Å². The lowest BCUT2D eigenvalue weighted by molar-refractivity contribution is 0.201. The fraction of sp³-hybridized carbons (Fsp3) is 0.381. The number of amides is 1. The van der Waals surface area contributed by atoms with Crippen molar-refractivity contribution in [1.82, 2.24) is 4.72 Å². The van der Waals surface area contributed by atoms with Crippen LogP contribution >= 0.6 is 0 Å². The SMILES string of the molecule is COc1cccc(OC)c1OC(=O)NS(=O)(=O)Oc1c(C(C)C)cccc1C(C)C. The minimum atomic E-state index is -4.51. The summed E-state index contributed by atoms with van der Waals surface area (Å²) in [5.41, 5.74) is 1.43. The molecule has 0 atom stereocenters. The minimum absolute atomic E-state index is 0.0127. The van der Waals surface area contributed by atoms with Crippen LogP contribution in [0, 0.1) is 0 Å². The van der Waals surface area contributed by atoms with Crippen molar-refractivity contribution in [3.05, 3.63) is 47.5 Å².